The van der Waals surface area contributed by atoms with Gasteiger partial charge in [0.15, 0.2) is 0 Å². The minimum atomic E-state index is -1.15. The molecule has 0 bridgehead atoms. The van der Waals surface area contributed by atoms with Gasteiger partial charge in [-0.25, -0.2) is 9.59 Å². The van der Waals surface area contributed by atoms with Gasteiger partial charge in [-0.1, -0.05) is 24.3 Å². The van der Waals surface area contributed by atoms with Crippen LogP contribution in [0.2, 0.25) is 0 Å². The van der Waals surface area contributed by atoms with E-state index in [4.69, 9.17) is 10.2 Å². The molecule has 0 radical (unpaired) electrons. The number of fused-ring (bicyclic) bond motifs is 1. The molecule has 21 heavy (non-hydrogen) atoms. The second kappa shape index (κ2) is 7.08. The minimum Gasteiger partial charge on any atom is -0.480 e. The maximum atomic E-state index is 11.9. The topological polar surface area (TPSA) is 98.7 Å². The fourth-order valence-corrected chi connectivity index (χ4v) is 2.65. The fraction of sp³-hybridized carbons (Fsp3) is 0.467. The number of carboxylic acid groups (broad SMARTS) is 1. The van der Waals surface area contributed by atoms with Gasteiger partial charge in [0.2, 0.25) is 0 Å². The number of aliphatic carboxylic acids is 1. The van der Waals surface area contributed by atoms with Crippen LogP contribution in [-0.2, 0) is 11.2 Å². The van der Waals surface area contributed by atoms with Gasteiger partial charge in [0, 0.05) is 13.0 Å². The summed E-state index contributed by atoms with van der Waals surface area (Å²) in [5, 5.41) is 23.0. The van der Waals surface area contributed by atoms with E-state index in [1.807, 2.05) is 24.3 Å². The van der Waals surface area contributed by atoms with Crippen molar-refractivity contribution in [2.45, 2.75) is 37.8 Å². The molecule has 2 atom stereocenters. The molecular formula is C15H20N2O4. The van der Waals surface area contributed by atoms with Gasteiger partial charge < -0.3 is 20.8 Å². The van der Waals surface area contributed by atoms with E-state index in [1.165, 1.54) is 5.56 Å². The minimum absolute atomic E-state index is 0.00991. The van der Waals surface area contributed by atoms with Gasteiger partial charge in [0.05, 0.1) is 6.04 Å². The molecule has 4 N–H and O–H groups in total. The molecule has 6 nitrogen and oxygen atoms in total. The van der Waals surface area contributed by atoms with Gasteiger partial charge in [-0.15, -0.1) is 0 Å². The number of hydrogen-bond donors (Lipinski definition) is 4. The zero-order valence-corrected chi connectivity index (χ0v) is 11.7. The highest BCUT2D eigenvalue weighted by molar-refractivity contribution is 5.82. The number of aliphatic hydroxyl groups is 1. The second-order valence-electron chi connectivity index (χ2n) is 5.16. The second-order valence-corrected chi connectivity index (χ2v) is 5.16. The van der Waals surface area contributed by atoms with E-state index in [1.54, 1.807) is 0 Å². The highest BCUT2D eigenvalue weighted by Crippen LogP contribution is 2.29. The van der Waals surface area contributed by atoms with Gasteiger partial charge >= 0.3 is 12.0 Å². The Morgan fingerprint density at radius 1 is 1.33 bits per heavy atom. The number of amides is 2. The number of rotatable bonds is 5. The lowest BCUT2D eigenvalue weighted by Crippen LogP contribution is -2.47. The van der Waals surface area contributed by atoms with E-state index < -0.39 is 18.0 Å². The van der Waals surface area contributed by atoms with E-state index >= 15 is 0 Å². The molecule has 0 aliphatic heterocycles. The molecule has 114 valence electrons. The van der Waals surface area contributed by atoms with Crippen LogP contribution in [0.5, 0.6) is 0 Å². The predicted molar refractivity (Wildman–Crippen MR) is 76.9 cm³/mol. The molecule has 1 aromatic carbocycles. The molecule has 0 saturated carbocycles. The summed E-state index contributed by atoms with van der Waals surface area (Å²) in [6, 6.07) is 6.25. The van der Waals surface area contributed by atoms with Crippen molar-refractivity contribution < 1.29 is 19.8 Å². The summed E-state index contributed by atoms with van der Waals surface area (Å²) >= 11 is 0. The summed E-state index contributed by atoms with van der Waals surface area (Å²) in [6.07, 6.45) is 2.81. The van der Waals surface area contributed by atoms with Crippen LogP contribution in [0, 0.1) is 0 Å². The molecule has 0 fully saturated rings. The van der Waals surface area contributed by atoms with Crippen molar-refractivity contribution >= 4 is 12.0 Å². The van der Waals surface area contributed by atoms with Crippen LogP contribution in [0.3, 0.4) is 0 Å². The Balaban J connectivity index is 1.99. The Labute approximate surface area is 123 Å². The highest BCUT2D eigenvalue weighted by Gasteiger charge is 2.24. The predicted octanol–water partition coefficient (Wildman–Crippen LogP) is 1.20. The summed E-state index contributed by atoms with van der Waals surface area (Å²) in [5.74, 6) is -1.15. The Hall–Kier alpha value is -2.08. The molecule has 0 spiro atoms. The molecule has 1 aromatic rings. The summed E-state index contributed by atoms with van der Waals surface area (Å²) in [6.45, 7) is -0.288. The number of carbonyl (C=O) groups is 2. The van der Waals surface area contributed by atoms with Crippen molar-refractivity contribution in [1.29, 1.82) is 0 Å². The Morgan fingerprint density at radius 2 is 2.10 bits per heavy atom. The first-order valence-electron chi connectivity index (χ1n) is 7.10. The van der Waals surface area contributed by atoms with Crippen molar-refractivity contribution in [3.63, 3.8) is 0 Å². The smallest absolute Gasteiger partial charge is 0.326 e. The zero-order valence-electron chi connectivity index (χ0n) is 11.7. The summed E-state index contributed by atoms with van der Waals surface area (Å²) < 4.78 is 0. The summed E-state index contributed by atoms with van der Waals surface area (Å²) in [5.41, 5.74) is 2.31. The van der Waals surface area contributed by atoms with Crippen LogP contribution in [0.4, 0.5) is 4.79 Å². The van der Waals surface area contributed by atoms with Crippen molar-refractivity contribution in [3.05, 3.63) is 35.4 Å². The Kier molecular flexibility index (Phi) is 5.16. The van der Waals surface area contributed by atoms with Gasteiger partial charge in [-0.3, -0.25) is 0 Å². The standard InChI is InChI=1S/C15H20N2O4/c18-9-8-13(14(19)20)17-15(21)16-12-7-3-5-10-4-1-2-6-11(10)12/h1-2,4,6,12-13,18H,3,5,7-9H2,(H,19,20)(H2,16,17,21)/t12?,13-/m1/s1. The number of carbonyl (C=O) groups excluding carboxylic acids is 1. The third-order valence-corrected chi connectivity index (χ3v) is 3.70. The number of nitrogens with one attached hydrogen (secondary N) is 2. The van der Waals surface area contributed by atoms with Gasteiger partial charge in [0.1, 0.15) is 6.04 Å². The van der Waals surface area contributed by atoms with Crippen LogP contribution >= 0.6 is 0 Å². The molecule has 0 aromatic heterocycles. The van der Waals surface area contributed by atoms with Crippen molar-refractivity contribution in [2.24, 2.45) is 0 Å². The lowest BCUT2D eigenvalue weighted by molar-refractivity contribution is -0.139. The van der Waals surface area contributed by atoms with Gasteiger partial charge in [0.25, 0.3) is 0 Å². The first-order chi connectivity index (χ1) is 10.1. The Morgan fingerprint density at radius 3 is 2.81 bits per heavy atom. The van der Waals surface area contributed by atoms with Crippen LogP contribution in [0.1, 0.15) is 36.4 Å². The zero-order chi connectivity index (χ0) is 15.2. The number of aliphatic hydroxyl groups excluding tert-OH is 1. The normalized spacial score (nSPS) is 18.4. The average Bonchev–Trinajstić information content (AvgIpc) is 2.47. The molecule has 1 aliphatic rings. The molecule has 2 amide bonds. The molecular weight excluding hydrogens is 272 g/mol. The van der Waals surface area contributed by atoms with Crippen molar-refractivity contribution in [1.82, 2.24) is 10.6 Å². The highest BCUT2D eigenvalue weighted by atomic mass is 16.4. The largest absolute Gasteiger partial charge is 0.480 e. The maximum absolute atomic E-state index is 11.9. The van der Waals surface area contributed by atoms with Crippen LogP contribution < -0.4 is 10.6 Å². The quantitative estimate of drug-likeness (QED) is 0.655. The molecule has 0 saturated heterocycles. The van der Waals surface area contributed by atoms with E-state index in [0.717, 1.165) is 24.8 Å². The summed E-state index contributed by atoms with van der Waals surface area (Å²) in [7, 11) is 0. The fourth-order valence-electron chi connectivity index (χ4n) is 2.65. The van der Waals surface area contributed by atoms with Gasteiger partial charge in [-0.05, 0) is 30.4 Å². The van der Waals surface area contributed by atoms with Crippen LogP contribution in [0.15, 0.2) is 24.3 Å². The summed E-state index contributed by atoms with van der Waals surface area (Å²) in [4.78, 5) is 22.9. The average molecular weight is 292 g/mol. The lowest BCUT2D eigenvalue weighted by Gasteiger charge is -2.27. The van der Waals surface area contributed by atoms with E-state index in [0.29, 0.717) is 0 Å². The molecule has 1 aliphatic carbocycles. The third kappa shape index (κ3) is 3.95. The molecule has 0 heterocycles. The molecule has 6 heteroatoms. The SMILES string of the molecule is O=C(NC1CCCc2ccccc21)N[C@H](CCO)C(=O)O. The van der Waals surface area contributed by atoms with Crippen LogP contribution in [0.25, 0.3) is 0 Å². The number of aryl methyl sites for hydroxylation is 1. The van der Waals surface area contributed by atoms with Gasteiger partial charge in [-0.2, -0.15) is 0 Å². The van der Waals surface area contributed by atoms with Crippen molar-refractivity contribution in [2.75, 3.05) is 6.61 Å². The van der Waals surface area contributed by atoms with E-state index in [2.05, 4.69) is 10.6 Å². The van der Waals surface area contributed by atoms with Crippen molar-refractivity contribution in [3.8, 4) is 0 Å². The van der Waals surface area contributed by atoms with E-state index in [-0.39, 0.29) is 19.1 Å². The van der Waals surface area contributed by atoms with Crippen LogP contribution in [-0.4, -0.2) is 34.9 Å². The first kappa shape index (κ1) is 15.3. The number of carboxylic acids is 1. The first-order valence-corrected chi connectivity index (χ1v) is 7.10. The number of hydrogen-bond acceptors (Lipinski definition) is 3. The third-order valence-electron chi connectivity index (χ3n) is 3.70. The monoisotopic (exact) mass is 292 g/mol. The number of urea groups is 1. The maximum Gasteiger partial charge on any atom is 0.326 e. The molecule has 2 rings (SSSR count). The van der Waals surface area contributed by atoms with E-state index in [9.17, 15) is 9.59 Å². The Bertz CT molecular complexity index is 518. The number of benzene rings is 1. The molecule has 1 unspecified atom stereocenters. The lowest BCUT2D eigenvalue weighted by atomic mass is 9.88.